The molecule has 33 heavy (non-hydrogen) atoms. The molecule has 0 unspecified atom stereocenters. The lowest BCUT2D eigenvalue weighted by atomic mass is 10.1. The first-order valence-corrected chi connectivity index (χ1v) is 11.0. The van der Waals surface area contributed by atoms with Crippen molar-refractivity contribution in [2.45, 2.75) is 12.8 Å². The zero-order chi connectivity index (χ0) is 22.9. The second-order valence-electron chi connectivity index (χ2n) is 8.45. The highest BCUT2D eigenvalue weighted by Crippen LogP contribution is 2.31. The summed E-state index contributed by atoms with van der Waals surface area (Å²) in [4.78, 5) is 40.6. The lowest BCUT2D eigenvalue weighted by Crippen LogP contribution is -2.51. The minimum atomic E-state index is -0.582. The van der Waals surface area contributed by atoms with Crippen LogP contribution in [0, 0.1) is 11.7 Å². The fourth-order valence-corrected chi connectivity index (χ4v) is 4.14. The summed E-state index contributed by atoms with van der Waals surface area (Å²) in [5, 5.41) is 7.81. The lowest BCUT2D eigenvalue weighted by molar-refractivity contribution is -0.134. The molecule has 1 aliphatic heterocycles. The molecular weight excluding hydrogens is 423 g/mol. The Bertz CT molecular complexity index is 1320. The number of nitrogens with zero attached hydrogens (tertiary/aromatic N) is 3. The first kappa shape index (κ1) is 21.1. The summed E-state index contributed by atoms with van der Waals surface area (Å²) in [6, 6.07) is 11.5. The van der Waals surface area contributed by atoms with Gasteiger partial charge in [0.2, 0.25) is 5.91 Å². The maximum atomic E-state index is 14.5. The van der Waals surface area contributed by atoms with E-state index in [1.807, 2.05) is 12.1 Å². The lowest BCUT2D eigenvalue weighted by Gasteiger charge is -2.35. The van der Waals surface area contributed by atoms with Gasteiger partial charge in [0.05, 0.1) is 16.6 Å². The largest absolute Gasteiger partial charge is 0.339 e. The van der Waals surface area contributed by atoms with E-state index in [0.29, 0.717) is 48.2 Å². The van der Waals surface area contributed by atoms with Crippen LogP contribution in [-0.2, 0) is 4.79 Å². The molecule has 2 aliphatic rings. The monoisotopic (exact) mass is 446 g/mol. The van der Waals surface area contributed by atoms with Crippen LogP contribution in [0.25, 0.3) is 22.9 Å². The molecule has 2 aromatic carbocycles. The van der Waals surface area contributed by atoms with Crippen LogP contribution in [0.4, 0.5) is 4.39 Å². The Labute approximate surface area is 189 Å². The van der Waals surface area contributed by atoms with Crippen molar-refractivity contribution in [3.05, 3.63) is 75.5 Å². The zero-order valence-electron chi connectivity index (χ0n) is 18.0. The van der Waals surface area contributed by atoms with Crippen LogP contribution < -0.4 is 5.56 Å². The van der Waals surface area contributed by atoms with Crippen LogP contribution in [0.2, 0.25) is 0 Å². The van der Waals surface area contributed by atoms with Gasteiger partial charge in [-0.1, -0.05) is 30.3 Å². The first-order chi connectivity index (χ1) is 16.0. The summed E-state index contributed by atoms with van der Waals surface area (Å²) in [5.74, 6) is -0.638. The van der Waals surface area contributed by atoms with Gasteiger partial charge in [-0.15, -0.1) is 0 Å². The van der Waals surface area contributed by atoms with Crippen molar-refractivity contribution in [3.63, 3.8) is 0 Å². The molecule has 1 saturated heterocycles. The van der Waals surface area contributed by atoms with Crippen molar-refractivity contribution in [2.75, 3.05) is 26.2 Å². The van der Waals surface area contributed by atoms with Crippen molar-refractivity contribution >= 4 is 34.7 Å². The maximum absolute atomic E-state index is 14.5. The number of hydrogen-bond acceptors (Lipinski definition) is 4. The number of rotatable bonds is 4. The topological polar surface area (TPSA) is 86.4 Å². The van der Waals surface area contributed by atoms with Gasteiger partial charge in [0.15, 0.2) is 0 Å². The number of H-pyrrole nitrogens is 1. The fraction of sp³-hybridized carbons (Fsp3) is 0.280. The van der Waals surface area contributed by atoms with Gasteiger partial charge in [0.25, 0.3) is 11.5 Å². The van der Waals surface area contributed by atoms with Gasteiger partial charge in [-0.05, 0) is 42.7 Å². The number of halogens is 1. The second kappa shape index (κ2) is 8.61. The summed E-state index contributed by atoms with van der Waals surface area (Å²) >= 11 is 0. The molecule has 5 rings (SSSR count). The van der Waals surface area contributed by atoms with Crippen LogP contribution in [0.5, 0.6) is 0 Å². The third kappa shape index (κ3) is 4.28. The van der Waals surface area contributed by atoms with Crippen LogP contribution in [0.1, 0.15) is 34.5 Å². The van der Waals surface area contributed by atoms with E-state index in [2.05, 4.69) is 10.2 Å². The van der Waals surface area contributed by atoms with E-state index in [1.165, 1.54) is 12.1 Å². The number of aromatic amines is 1. The smallest absolute Gasteiger partial charge is 0.272 e. The average Bonchev–Trinajstić information content (AvgIpc) is 3.69. The summed E-state index contributed by atoms with van der Waals surface area (Å²) in [5.41, 5.74) is 0.938. The van der Waals surface area contributed by atoms with Gasteiger partial charge >= 0.3 is 0 Å². The summed E-state index contributed by atoms with van der Waals surface area (Å²) in [6.07, 6.45) is 5.36. The molecule has 1 saturated carbocycles. The van der Waals surface area contributed by atoms with Gasteiger partial charge in [0.1, 0.15) is 5.82 Å². The highest BCUT2D eigenvalue weighted by Gasteiger charge is 2.35. The highest BCUT2D eigenvalue weighted by atomic mass is 19.1. The van der Waals surface area contributed by atoms with Crippen molar-refractivity contribution < 1.29 is 14.0 Å². The van der Waals surface area contributed by atoms with E-state index in [1.54, 1.807) is 40.2 Å². The molecule has 1 aliphatic carbocycles. The van der Waals surface area contributed by atoms with Crippen LogP contribution in [-0.4, -0.2) is 58.0 Å². The Morgan fingerprint density at radius 3 is 2.39 bits per heavy atom. The molecule has 0 radical (unpaired) electrons. The molecule has 1 N–H and O–H groups in total. The normalized spacial score (nSPS) is 16.5. The predicted octanol–water partition coefficient (Wildman–Crippen LogP) is 2.93. The van der Waals surface area contributed by atoms with Gasteiger partial charge in [-0.25, -0.2) is 9.49 Å². The molecule has 0 bridgehead atoms. The predicted molar refractivity (Wildman–Crippen MR) is 123 cm³/mol. The van der Waals surface area contributed by atoms with Crippen molar-refractivity contribution in [2.24, 2.45) is 5.92 Å². The first-order valence-electron chi connectivity index (χ1n) is 11.0. The Balaban J connectivity index is 1.33. The summed E-state index contributed by atoms with van der Waals surface area (Å²) in [7, 11) is 0. The number of hydrogen-bond donors (Lipinski definition) is 1. The average molecular weight is 446 g/mol. The van der Waals surface area contributed by atoms with E-state index in [4.69, 9.17) is 0 Å². The minimum absolute atomic E-state index is 0.00148. The SMILES string of the molecule is O=C(c1cc(/C=C\c2n[nH]c(=O)c3ccccc23)ccc1F)N1CCN(C(=O)C2CC2)CC1. The van der Waals surface area contributed by atoms with Crippen LogP contribution in [0.15, 0.2) is 47.3 Å². The quantitative estimate of drug-likeness (QED) is 0.668. The molecule has 1 aromatic heterocycles. The Morgan fingerprint density at radius 2 is 1.67 bits per heavy atom. The molecule has 2 fully saturated rings. The fourth-order valence-electron chi connectivity index (χ4n) is 4.14. The molecule has 168 valence electrons. The molecule has 3 aromatic rings. The van der Waals surface area contributed by atoms with E-state index in [9.17, 15) is 18.8 Å². The van der Waals surface area contributed by atoms with Crippen LogP contribution in [0.3, 0.4) is 0 Å². The van der Waals surface area contributed by atoms with Gasteiger partial charge < -0.3 is 9.80 Å². The molecule has 0 spiro atoms. The van der Waals surface area contributed by atoms with E-state index >= 15 is 0 Å². The Kier molecular flexibility index (Phi) is 5.50. The van der Waals surface area contributed by atoms with Gasteiger partial charge in [0, 0.05) is 37.5 Å². The van der Waals surface area contributed by atoms with E-state index < -0.39 is 5.82 Å². The van der Waals surface area contributed by atoms with Gasteiger partial charge in [-0.2, -0.15) is 5.10 Å². The number of piperazine rings is 1. The minimum Gasteiger partial charge on any atom is -0.339 e. The third-order valence-electron chi connectivity index (χ3n) is 6.19. The Morgan fingerprint density at radius 1 is 0.970 bits per heavy atom. The van der Waals surface area contributed by atoms with E-state index in [0.717, 1.165) is 12.8 Å². The highest BCUT2D eigenvalue weighted by molar-refractivity contribution is 5.96. The summed E-state index contributed by atoms with van der Waals surface area (Å²) in [6.45, 7) is 1.74. The maximum Gasteiger partial charge on any atom is 0.272 e. The number of carbonyl (C=O) groups excluding carboxylic acids is 2. The van der Waals surface area contributed by atoms with Crippen LogP contribution >= 0.6 is 0 Å². The molecular formula is C25H23FN4O3. The second-order valence-corrected chi connectivity index (χ2v) is 8.45. The molecule has 7 nitrogen and oxygen atoms in total. The number of fused-ring (bicyclic) bond motifs is 1. The number of amides is 2. The van der Waals surface area contributed by atoms with Crippen molar-refractivity contribution in [1.82, 2.24) is 20.0 Å². The standard InChI is InChI=1S/C25H23FN4O3/c26-21-9-5-16(6-10-22-18-3-1-2-4-19(18)23(31)28-27-22)15-20(21)25(33)30-13-11-29(12-14-30)24(32)17-7-8-17/h1-6,9-10,15,17H,7-8,11-14H2,(H,28,31)/b10-6-. The molecule has 2 amide bonds. The molecule has 8 heteroatoms. The van der Waals surface area contributed by atoms with E-state index in [-0.39, 0.29) is 28.9 Å². The van der Waals surface area contributed by atoms with Gasteiger partial charge in [-0.3, -0.25) is 14.4 Å². The van der Waals surface area contributed by atoms with Crippen molar-refractivity contribution in [3.8, 4) is 0 Å². The zero-order valence-corrected chi connectivity index (χ0v) is 18.0. The number of aromatic nitrogens is 2. The molecule has 2 heterocycles. The Hall–Kier alpha value is -3.81. The third-order valence-corrected chi connectivity index (χ3v) is 6.19. The van der Waals surface area contributed by atoms with Crippen molar-refractivity contribution in [1.29, 1.82) is 0 Å². The number of benzene rings is 2. The number of carbonyl (C=O) groups is 2. The molecule has 0 atom stereocenters. The number of nitrogens with one attached hydrogen (secondary N) is 1. The summed E-state index contributed by atoms with van der Waals surface area (Å²) < 4.78 is 14.5.